The van der Waals surface area contributed by atoms with Crippen molar-refractivity contribution in [1.29, 1.82) is 0 Å². The van der Waals surface area contributed by atoms with Crippen molar-refractivity contribution in [3.63, 3.8) is 0 Å². The van der Waals surface area contributed by atoms with Crippen LogP contribution in [0.25, 0.3) is 17.1 Å². The summed E-state index contributed by atoms with van der Waals surface area (Å²) in [7, 11) is 0. The van der Waals surface area contributed by atoms with Crippen LogP contribution in [-0.2, 0) is 19.5 Å². The lowest BCUT2D eigenvalue weighted by Gasteiger charge is -2.27. The predicted molar refractivity (Wildman–Crippen MR) is 121 cm³/mol. The molecule has 3 heterocycles. The fourth-order valence-corrected chi connectivity index (χ4v) is 4.30. The van der Waals surface area contributed by atoms with Gasteiger partial charge in [-0.05, 0) is 26.0 Å². The highest BCUT2D eigenvalue weighted by molar-refractivity contribution is 5.54. The fraction of sp³-hybridized carbons (Fsp3) is 0.240. The third kappa shape index (κ3) is 3.70. The molecule has 0 spiro atoms. The first-order chi connectivity index (χ1) is 15.1. The van der Waals surface area contributed by atoms with Crippen LogP contribution < -0.4 is 5.56 Å². The molecule has 156 valence electrons. The van der Waals surface area contributed by atoms with E-state index < -0.39 is 0 Å². The number of nitrogens with one attached hydrogen (secondary N) is 1. The highest BCUT2D eigenvalue weighted by atomic mass is 16.1. The van der Waals surface area contributed by atoms with E-state index in [-0.39, 0.29) is 5.56 Å². The number of aromatic nitrogens is 4. The molecule has 1 aliphatic rings. The van der Waals surface area contributed by atoms with Crippen molar-refractivity contribution >= 4 is 0 Å². The van der Waals surface area contributed by atoms with Crippen molar-refractivity contribution in [2.24, 2.45) is 0 Å². The molecule has 31 heavy (non-hydrogen) atoms. The van der Waals surface area contributed by atoms with Crippen LogP contribution in [0.2, 0.25) is 0 Å². The molecule has 6 heteroatoms. The van der Waals surface area contributed by atoms with Crippen LogP contribution in [0.1, 0.15) is 28.2 Å². The molecule has 2 aromatic heterocycles. The molecule has 5 rings (SSSR count). The zero-order chi connectivity index (χ0) is 21.4. The molecule has 1 aliphatic heterocycles. The van der Waals surface area contributed by atoms with Crippen molar-refractivity contribution in [2.45, 2.75) is 33.4 Å². The fourth-order valence-electron chi connectivity index (χ4n) is 4.30. The molecule has 0 unspecified atom stereocenters. The zero-order valence-electron chi connectivity index (χ0n) is 17.8. The lowest BCUT2D eigenvalue weighted by Crippen LogP contribution is -2.35. The topological polar surface area (TPSA) is 66.8 Å². The molecule has 6 nitrogen and oxygen atoms in total. The van der Waals surface area contributed by atoms with Crippen LogP contribution in [-0.4, -0.2) is 31.2 Å². The van der Waals surface area contributed by atoms with Gasteiger partial charge in [-0.25, -0.2) is 9.67 Å². The highest BCUT2D eigenvalue weighted by Gasteiger charge is 2.23. The molecule has 4 aromatic rings. The Labute approximate surface area is 181 Å². The van der Waals surface area contributed by atoms with E-state index in [0.29, 0.717) is 12.4 Å². The van der Waals surface area contributed by atoms with E-state index >= 15 is 0 Å². The number of fused-ring (bicyclic) bond motifs is 1. The lowest BCUT2D eigenvalue weighted by molar-refractivity contribution is 0.241. The van der Waals surface area contributed by atoms with E-state index in [1.165, 1.54) is 5.56 Å². The average Bonchev–Trinajstić information content (AvgIpc) is 3.09. The lowest BCUT2D eigenvalue weighted by atomic mass is 10.0. The molecule has 0 fully saturated rings. The molecule has 2 aromatic carbocycles. The Kier molecular flexibility index (Phi) is 5.00. The van der Waals surface area contributed by atoms with Gasteiger partial charge in [-0.3, -0.25) is 9.69 Å². The Hall–Kier alpha value is -3.51. The van der Waals surface area contributed by atoms with Gasteiger partial charge in [0.1, 0.15) is 5.82 Å². The number of H-pyrrole nitrogens is 1. The van der Waals surface area contributed by atoms with Crippen LogP contribution in [0.5, 0.6) is 0 Å². The molecule has 1 N–H and O–H groups in total. The van der Waals surface area contributed by atoms with Gasteiger partial charge in [-0.1, -0.05) is 48.5 Å². The first-order valence-electron chi connectivity index (χ1n) is 10.6. The molecule has 0 bridgehead atoms. The summed E-state index contributed by atoms with van der Waals surface area (Å²) in [5.41, 5.74) is 7.03. The summed E-state index contributed by atoms with van der Waals surface area (Å²) >= 11 is 0. The minimum Gasteiger partial charge on any atom is -0.306 e. The van der Waals surface area contributed by atoms with Crippen molar-refractivity contribution in [3.05, 3.63) is 99.2 Å². The third-order valence-electron chi connectivity index (χ3n) is 6.02. The van der Waals surface area contributed by atoms with Gasteiger partial charge in [0, 0.05) is 42.9 Å². The highest BCUT2D eigenvalue weighted by Crippen LogP contribution is 2.23. The number of hydrogen-bond acceptors (Lipinski definition) is 4. The van der Waals surface area contributed by atoms with Gasteiger partial charge in [0.05, 0.1) is 22.6 Å². The molecule has 0 saturated carbocycles. The molecule has 0 aliphatic carbocycles. The zero-order valence-corrected chi connectivity index (χ0v) is 17.8. The largest absolute Gasteiger partial charge is 0.306 e. The van der Waals surface area contributed by atoms with E-state index in [1.807, 2.05) is 53.2 Å². The Morgan fingerprint density at radius 2 is 1.71 bits per heavy atom. The van der Waals surface area contributed by atoms with Crippen molar-refractivity contribution < 1.29 is 0 Å². The number of nitrogens with zero attached hydrogens (tertiary/aromatic N) is 4. The standard InChI is InChI=1S/C25H25N5O/c1-17-21(18(2)30(28-17)20-11-7-4-8-12-20)15-29-14-13-23-22(16-29)25(31)27-24(26-23)19-9-5-3-6-10-19/h3-12H,13-16H2,1-2H3,(H,26,27,31). The summed E-state index contributed by atoms with van der Waals surface area (Å²) in [4.78, 5) is 22.9. The minimum absolute atomic E-state index is 0.0398. The van der Waals surface area contributed by atoms with E-state index in [4.69, 9.17) is 10.1 Å². The first kappa shape index (κ1) is 19.5. The molecule has 0 radical (unpaired) electrons. The maximum absolute atomic E-state index is 12.8. The van der Waals surface area contributed by atoms with E-state index in [0.717, 1.165) is 53.4 Å². The van der Waals surface area contributed by atoms with Crippen molar-refractivity contribution in [2.75, 3.05) is 6.54 Å². The first-order valence-corrected chi connectivity index (χ1v) is 10.6. The van der Waals surface area contributed by atoms with Crippen LogP contribution >= 0.6 is 0 Å². The Bertz CT molecular complexity index is 1270. The molecular weight excluding hydrogens is 386 g/mol. The van der Waals surface area contributed by atoms with Crippen LogP contribution in [0.4, 0.5) is 0 Å². The Morgan fingerprint density at radius 1 is 1.00 bits per heavy atom. The van der Waals surface area contributed by atoms with E-state index in [1.54, 1.807) is 0 Å². The SMILES string of the molecule is Cc1nn(-c2ccccc2)c(C)c1CN1CCc2nc(-c3ccccc3)[nH]c(=O)c2C1. The van der Waals surface area contributed by atoms with Gasteiger partial charge < -0.3 is 4.98 Å². The maximum atomic E-state index is 12.8. The summed E-state index contributed by atoms with van der Waals surface area (Å²) in [6.07, 6.45) is 0.768. The van der Waals surface area contributed by atoms with Gasteiger partial charge in [0.25, 0.3) is 5.56 Å². The van der Waals surface area contributed by atoms with Crippen LogP contribution in [0.3, 0.4) is 0 Å². The second kappa shape index (κ2) is 7.96. The number of para-hydroxylation sites is 1. The summed E-state index contributed by atoms with van der Waals surface area (Å²) in [6, 6.07) is 20.0. The van der Waals surface area contributed by atoms with Crippen molar-refractivity contribution in [3.8, 4) is 17.1 Å². The minimum atomic E-state index is -0.0398. The molecule has 0 atom stereocenters. The summed E-state index contributed by atoms with van der Waals surface area (Å²) < 4.78 is 2.00. The number of aromatic amines is 1. The van der Waals surface area contributed by atoms with Gasteiger partial charge >= 0.3 is 0 Å². The van der Waals surface area contributed by atoms with Crippen LogP contribution in [0.15, 0.2) is 65.5 Å². The van der Waals surface area contributed by atoms with Gasteiger partial charge in [0.15, 0.2) is 0 Å². The van der Waals surface area contributed by atoms with E-state index in [9.17, 15) is 4.79 Å². The molecule has 0 saturated heterocycles. The van der Waals surface area contributed by atoms with Gasteiger partial charge in [-0.2, -0.15) is 5.10 Å². The number of benzene rings is 2. The molecule has 0 amide bonds. The van der Waals surface area contributed by atoms with Gasteiger partial charge in [0.2, 0.25) is 0 Å². The van der Waals surface area contributed by atoms with Gasteiger partial charge in [-0.15, -0.1) is 0 Å². The van der Waals surface area contributed by atoms with Crippen molar-refractivity contribution in [1.82, 2.24) is 24.6 Å². The number of rotatable bonds is 4. The smallest absolute Gasteiger partial charge is 0.255 e. The molecular formula is C25H25N5O. The average molecular weight is 412 g/mol. The summed E-state index contributed by atoms with van der Waals surface area (Å²) in [6.45, 7) is 6.40. The number of hydrogen-bond donors (Lipinski definition) is 1. The predicted octanol–water partition coefficient (Wildman–Crippen LogP) is 3.80. The Morgan fingerprint density at radius 3 is 2.45 bits per heavy atom. The van der Waals surface area contributed by atoms with E-state index in [2.05, 4.69) is 35.9 Å². The monoisotopic (exact) mass is 411 g/mol. The second-order valence-electron chi connectivity index (χ2n) is 8.06. The summed E-state index contributed by atoms with van der Waals surface area (Å²) in [5.74, 6) is 0.647. The summed E-state index contributed by atoms with van der Waals surface area (Å²) in [5, 5.41) is 4.76. The normalized spacial score (nSPS) is 13.9. The second-order valence-corrected chi connectivity index (χ2v) is 8.06. The maximum Gasteiger partial charge on any atom is 0.255 e. The third-order valence-corrected chi connectivity index (χ3v) is 6.02. The Balaban J connectivity index is 1.40. The van der Waals surface area contributed by atoms with Crippen LogP contribution in [0, 0.1) is 13.8 Å². The quantitative estimate of drug-likeness (QED) is 0.555. The number of aryl methyl sites for hydroxylation is 1.